The van der Waals surface area contributed by atoms with E-state index in [1.54, 1.807) is 6.92 Å². The normalized spacial score (nSPS) is 28.1. The van der Waals surface area contributed by atoms with Crippen molar-refractivity contribution in [3.05, 3.63) is 17.3 Å². The van der Waals surface area contributed by atoms with Gasteiger partial charge < -0.3 is 14.8 Å². The van der Waals surface area contributed by atoms with Crippen LogP contribution >= 0.6 is 0 Å². The van der Waals surface area contributed by atoms with Gasteiger partial charge in [0.25, 0.3) is 0 Å². The molecule has 0 saturated carbocycles. The summed E-state index contributed by atoms with van der Waals surface area (Å²) in [4.78, 5) is 4.54. The molecule has 1 aromatic heterocycles. The van der Waals surface area contributed by atoms with Gasteiger partial charge in [-0.15, -0.1) is 0 Å². The number of piperidine rings is 1. The minimum atomic E-state index is -0.888. The lowest BCUT2D eigenvalue weighted by Crippen LogP contribution is -2.35. The Bertz CT molecular complexity index is 404. The van der Waals surface area contributed by atoms with E-state index < -0.39 is 5.60 Å². The molecule has 1 aromatic rings. The molecule has 2 heterocycles. The fraction of sp³-hybridized carbons (Fsp3) is 0.786. The average Bonchev–Trinajstić information content (AvgIpc) is 2.73. The van der Waals surface area contributed by atoms with E-state index in [4.69, 9.17) is 4.42 Å². The molecule has 0 aromatic carbocycles. The zero-order chi connectivity index (χ0) is 13.3. The summed E-state index contributed by atoms with van der Waals surface area (Å²) in [7, 11) is 0. The van der Waals surface area contributed by atoms with Gasteiger partial charge >= 0.3 is 0 Å². The number of nitrogens with zero attached hydrogens (tertiary/aromatic N) is 1. The van der Waals surface area contributed by atoms with Crippen molar-refractivity contribution in [2.45, 2.75) is 64.5 Å². The summed E-state index contributed by atoms with van der Waals surface area (Å²) < 4.78 is 5.77. The van der Waals surface area contributed by atoms with Crippen LogP contribution in [-0.4, -0.2) is 22.7 Å². The molecule has 0 aliphatic carbocycles. The van der Waals surface area contributed by atoms with Crippen LogP contribution in [0.3, 0.4) is 0 Å². The standard InChI is InChI=1S/C14H24N2O2/c1-5-14(4,17)12-10(3)18-13(16-12)11-7-6-9(2)15-8-11/h9,11,15,17H,5-8H2,1-4H3/t9-,11?,14-/m1/s1. The van der Waals surface area contributed by atoms with E-state index in [0.717, 1.165) is 31.0 Å². The third kappa shape index (κ3) is 2.59. The number of hydrogen-bond acceptors (Lipinski definition) is 4. The number of oxazole rings is 1. The molecular weight excluding hydrogens is 228 g/mol. The van der Waals surface area contributed by atoms with Gasteiger partial charge in [-0.3, -0.25) is 0 Å². The highest BCUT2D eigenvalue weighted by molar-refractivity contribution is 5.17. The number of hydrogen-bond donors (Lipinski definition) is 2. The first kappa shape index (κ1) is 13.6. The van der Waals surface area contributed by atoms with Crippen LogP contribution in [0.1, 0.15) is 63.3 Å². The number of aromatic nitrogens is 1. The summed E-state index contributed by atoms with van der Waals surface area (Å²) in [5.41, 5.74) is -0.195. The molecule has 18 heavy (non-hydrogen) atoms. The maximum absolute atomic E-state index is 10.3. The molecule has 0 radical (unpaired) electrons. The van der Waals surface area contributed by atoms with Crippen LogP contribution in [0.4, 0.5) is 0 Å². The van der Waals surface area contributed by atoms with Crippen LogP contribution in [0, 0.1) is 6.92 Å². The van der Waals surface area contributed by atoms with Crippen LogP contribution in [0.5, 0.6) is 0 Å². The van der Waals surface area contributed by atoms with Crippen molar-refractivity contribution in [2.24, 2.45) is 0 Å². The van der Waals surface area contributed by atoms with Gasteiger partial charge in [-0.05, 0) is 40.0 Å². The first-order valence-corrected chi connectivity index (χ1v) is 6.87. The molecule has 0 spiro atoms. The van der Waals surface area contributed by atoms with Crippen LogP contribution in [0.25, 0.3) is 0 Å². The second-order valence-electron chi connectivity index (χ2n) is 5.67. The quantitative estimate of drug-likeness (QED) is 0.867. The fourth-order valence-electron chi connectivity index (χ4n) is 2.47. The maximum atomic E-state index is 10.3. The molecule has 2 rings (SSSR count). The Kier molecular flexibility index (Phi) is 3.78. The molecule has 1 aliphatic heterocycles. The van der Waals surface area contributed by atoms with E-state index in [1.807, 2.05) is 13.8 Å². The van der Waals surface area contributed by atoms with Crippen molar-refractivity contribution in [1.82, 2.24) is 10.3 Å². The number of nitrogens with one attached hydrogen (secondary N) is 1. The molecule has 4 heteroatoms. The van der Waals surface area contributed by atoms with Gasteiger partial charge in [-0.2, -0.15) is 0 Å². The zero-order valence-corrected chi connectivity index (χ0v) is 11.8. The molecule has 1 fully saturated rings. The van der Waals surface area contributed by atoms with Crippen molar-refractivity contribution in [2.75, 3.05) is 6.54 Å². The third-order valence-electron chi connectivity index (χ3n) is 4.02. The van der Waals surface area contributed by atoms with Crippen molar-refractivity contribution in [3.63, 3.8) is 0 Å². The first-order chi connectivity index (χ1) is 8.44. The summed E-state index contributed by atoms with van der Waals surface area (Å²) in [6.07, 6.45) is 2.88. The van der Waals surface area contributed by atoms with Gasteiger partial charge in [0.1, 0.15) is 17.1 Å². The van der Waals surface area contributed by atoms with Crippen molar-refractivity contribution in [3.8, 4) is 0 Å². The molecule has 102 valence electrons. The van der Waals surface area contributed by atoms with Gasteiger partial charge in [-0.25, -0.2) is 4.98 Å². The Hall–Kier alpha value is -0.870. The Morgan fingerprint density at radius 3 is 2.78 bits per heavy atom. The summed E-state index contributed by atoms with van der Waals surface area (Å²) in [6, 6.07) is 0.579. The fourth-order valence-corrected chi connectivity index (χ4v) is 2.47. The highest BCUT2D eigenvalue weighted by atomic mass is 16.4. The maximum Gasteiger partial charge on any atom is 0.199 e. The van der Waals surface area contributed by atoms with Gasteiger partial charge in [-0.1, -0.05) is 6.92 Å². The predicted molar refractivity (Wildman–Crippen MR) is 70.5 cm³/mol. The number of aryl methyl sites for hydroxylation is 1. The molecule has 3 atom stereocenters. The summed E-state index contributed by atoms with van der Waals surface area (Å²) in [5, 5.41) is 13.7. The van der Waals surface area contributed by atoms with E-state index in [9.17, 15) is 5.11 Å². The first-order valence-electron chi connectivity index (χ1n) is 6.87. The van der Waals surface area contributed by atoms with E-state index in [1.165, 1.54) is 0 Å². The molecule has 1 unspecified atom stereocenters. The topological polar surface area (TPSA) is 58.3 Å². The Balaban J connectivity index is 2.19. The van der Waals surface area contributed by atoms with Crippen molar-refractivity contribution >= 4 is 0 Å². The minimum absolute atomic E-state index is 0.335. The zero-order valence-electron chi connectivity index (χ0n) is 11.8. The molecule has 0 bridgehead atoms. The van der Waals surface area contributed by atoms with Gasteiger partial charge in [0.2, 0.25) is 0 Å². The Labute approximate surface area is 109 Å². The highest BCUT2D eigenvalue weighted by Gasteiger charge is 2.31. The second kappa shape index (κ2) is 5.02. The molecular formula is C14H24N2O2. The molecule has 4 nitrogen and oxygen atoms in total. The Morgan fingerprint density at radius 2 is 2.22 bits per heavy atom. The van der Waals surface area contributed by atoms with E-state index >= 15 is 0 Å². The molecule has 0 amide bonds. The smallest absolute Gasteiger partial charge is 0.199 e. The van der Waals surface area contributed by atoms with Gasteiger partial charge in [0, 0.05) is 18.5 Å². The number of aliphatic hydroxyl groups is 1. The lowest BCUT2D eigenvalue weighted by molar-refractivity contribution is 0.0475. The van der Waals surface area contributed by atoms with Crippen LogP contribution in [-0.2, 0) is 5.60 Å². The van der Waals surface area contributed by atoms with Crippen LogP contribution < -0.4 is 5.32 Å². The largest absolute Gasteiger partial charge is 0.445 e. The van der Waals surface area contributed by atoms with Crippen LogP contribution in [0.2, 0.25) is 0 Å². The lowest BCUT2D eigenvalue weighted by atomic mass is 9.95. The summed E-state index contributed by atoms with van der Waals surface area (Å²) >= 11 is 0. The van der Waals surface area contributed by atoms with Gasteiger partial charge in [0.15, 0.2) is 5.89 Å². The minimum Gasteiger partial charge on any atom is -0.445 e. The van der Waals surface area contributed by atoms with Crippen molar-refractivity contribution < 1.29 is 9.52 Å². The summed E-state index contributed by atoms with van der Waals surface area (Å²) in [6.45, 7) is 8.74. The lowest BCUT2D eigenvalue weighted by Gasteiger charge is -2.25. The third-order valence-corrected chi connectivity index (χ3v) is 4.02. The predicted octanol–water partition coefficient (Wildman–Crippen LogP) is 2.46. The van der Waals surface area contributed by atoms with E-state index in [-0.39, 0.29) is 0 Å². The van der Waals surface area contributed by atoms with E-state index in [0.29, 0.717) is 24.1 Å². The molecule has 1 saturated heterocycles. The highest BCUT2D eigenvalue weighted by Crippen LogP contribution is 2.31. The SMILES string of the molecule is CC[C@@](C)(O)c1nc(C2CC[C@@H](C)NC2)oc1C. The van der Waals surface area contributed by atoms with Crippen LogP contribution in [0.15, 0.2) is 4.42 Å². The van der Waals surface area contributed by atoms with Gasteiger partial charge in [0.05, 0.1) is 0 Å². The molecule has 2 N–H and O–H groups in total. The summed E-state index contributed by atoms with van der Waals surface area (Å²) in [5.74, 6) is 1.85. The molecule has 1 aliphatic rings. The van der Waals surface area contributed by atoms with E-state index in [2.05, 4.69) is 17.2 Å². The van der Waals surface area contributed by atoms with Crippen molar-refractivity contribution in [1.29, 1.82) is 0 Å². The number of rotatable bonds is 3. The second-order valence-corrected chi connectivity index (χ2v) is 5.67. The average molecular weight is 252 g/mol. The Morgan fingerprint density at radius 1 is 1.50 bits per heavy atom. The monoisotopic (exact) mass is 252 g/mol.